The van der Waals surface area contributed by atoms with Crippen LogP contribution in [0.3, 0.4) is 0 Å². The lowest BCUT2D eigenvalue weighted by atomic mass is 9.82. The summed E-state index contributed by atoms with van der Waals surface area (Å²) in [5.74, 6) is 0. The molecule has 1 aromatic heterocycles. The quantitative estimate of drug-likeness (QED) is 0.170. The smallest absolute Gasteiger partial charge is 0.0542 e. The third-order valence-electron chi connectivity index (χ3n) is 11.2. The lowest BCUT2D eigenvalue weighted by Crippen LogP contribution is -2.16. The van der Waals surface area contributed by atoms with Crippen LogP contribution in [-0.4, -0.2) is 4.57 Å². The molecule has 8 aromatic carbocycles. The molecule has 1 aliphatic rings. The second kappa shape index (κ2) is 12.3. The number of fused-ring (bicyclic) bond motifs is 6. The Morgan fingerprint density at radius 2 is 0.962 bits per heavy atom. The van der Waals surface area contributed by atoms with Gasteiger partial charge in [0.15, 0.2) is 0 Å². The van der Waals surface area contributed by atoms with Gasteiger partial charge in [-0.15, -0.1) is 0 Å². The Hall–Kier alpha value is -6.64. The monoisotopic (exact) mass is 678 g/mol. The Balaban J connectivity index is 1.08. The van der Waals surface area contributed by atoms with Gasteiger partial charge in [0.05, 0.1) is 11.0 Å². The van der Waals surface area contributed by atoms with Gasteiger partial charge in [-0.1, -0.05) is 141 Å². The Labute approximate surface area is 310 Å². The van der Waals surface area contributed by atoms with E-state index in [4.69, 9.17) is 0 Å². The highest BCUT2D eigenvalue weighted by molar-refractivity contribution is 6.10. The van der Waals surface area contributed by atoms with Crippen molar-refractivity contribution in [2.75, 3.05) is 4.90 Å². The molecule has 0 fully saturated rings. The van der Waals surface area contributed by atoms with E-state index in [1.54, 1.807) is 0 Å². The van der Waals surface area contributed by atoms with Crippen molar-refractivity contribution in [2.45, 2.75) is 19.3 Å². The minimum Gasteiger partial charge on any atom is -0.310 e. The zero-order valence-corrected chi connectivity index (χ0v) is 29.9. The van der Waals surface area contributed by atoms with E-state index in [1.807, 2.05) is 0 Å². The summed E-state index contributed by atoms with van der Waals surface area (Å²) in [5.41, 5.74) is 17.2. The summed E-state index contributed by atoms with van der Waals surface area (Å²) in [4.78, 5) is 2.41. The minimum absolute atomic E-state index is 0.0814. The molecule has 0 N–H and O–H groups in total. The molecule has 1 aliphatic carbocycles. The molecule has 0 saturated heterocycles. The molecule has 252 valence electrons. The summed E-state index contributed by atoms with van der Waals surface area (Å²) < 4.78 is 2.40. The molecule has 0 aliphatic heterocycles. The number of rotatable bonds is 6. The fourth-order valence-corrected chi connectivity index (χ4v) is 8.55. The fourth-order valence-electron chi connectivity index (χ4n) is 8.55. The number of nitrogens with zero attached hydrogens (tertiary/aromatic N) is 2. The van der Waals surface area contributed by atoms with Crippen molar-refractivity contribution in [2.24, 2.45) is 0 Å². The average Bonchev–Trinajstić information content (AvgIpc) is 3.67. The van der Waals surface area contributed by atoms with Gasteiger partial charge >= 0.3 is 0 Å². The van der Waals surface area contributed by atoms with E-state index in [9.17, 15) is 0 Å². The molecule has 0 spiro atoms. The highest BCUT2D eigenvalue weighted by Crippen LogP contribution is 2.51. The maximum absolute atomic E-state index is 2.41. The van der Waals surface area contributed by atoms with Gasteiger partial charge in [0, 0.05) is 38.9 Å². The van der Waals surface area contributed by atoms with E-state index in [1.165, 1.54) is 66.3 Å². The molecule has 53 heavy (non-hydrogen) atoms. The van der Waals surface area contributed by atoms with Crippen LogP contribution >= 0.6 is 0 Å². The highest BCUT2D eigenvalue weighted by atomic mass is 15.1. The Morgan fingerprint density at radius 3 is 1.75 bits per heavy atom. The topological polar surface area (TPSA) is 8.17 Å². The first-order valence-corrected chi connectivity index (χ1v) is 18.4. The number of anilines is 3. The van der Waals surface area contributed by atoms with Crippen LogP contribution in [0.5, 0.6) is 0 Å². The molecular weight excluding hydrogens is 641 g/mol. The van der Waals surface area contributed by atoms with Gasteiger partial charge < -0.3 is 9.47 Å². The number of para-hydroxylation sites is 2. The van der Waals surface area contributed by atoms with E-state index >= 15 is 0 Å². The third-order valence-corrected chi connectivity index (χ3v) is 11.2. The number of aromatic nitrogens is 1. The number of benzene rings is 8. The zero-order chi connectivity index (χ0) is 35.5. The SMILES string of the molecule is CC1(C)c2ccccc2-c2ccc(N(c3ccccc3)c3ccc4c(c3)c3ccccc3n4-c3ccc(-c4cccc(-c5ccccc5)c4)cc3)cc21. The van der Waals surface area contributed by atoms with E-state index in [0.29, 0.717) is 0 Å². The number of hydrogen-bond donors (Lipinski definition) is 0. The molecule has 0 unspecified atom stereocenters. The Kier molecular flexibility index (Phi) is 7.19. The Morgan fingerprint density at radius 1 is 0.377 bits per heavy atom. The normalized spacial score (nSPS) is 12.9. The van der Waals surface area contributed by atoms with Crippen molar-refractivity contribution in [3.05, 3.63) is 205 Å². The van der Waals surface area contributed by atoms with Crippen molar-refractivity contribution in [1.29, 1.82) is 0 Å². The molecule has 0 bridgehead atoms. The lowest BCUT2D eigenvalue weighted by Gasteiger charge is -2.28. The molecule has 10 rings (SSSR count). The molecule has 2 heteroatoms. The van der Waals surface area contributed by atoms with Crippen LogP contribution in [0.15, 0.2) is 194 Å². The van der Waals surface area contributed by atoms with Crippen molar-refractivity contribution in [3.63, 3.8) is 0 Å². The maximum Gasteiger partial charge on any atom is 0.0542 e. The number of hydrogen-bond acceptors (Lipinski definition) is 1. The van der Waals surface area contributed by atoms with Crippen molar-refractivity contribution in [3.8, 4) is 39.1 Å². The molecule has 0 radical (unpaired) electrons. The van der Waals surface area contributed by atoms with Gasteiger partial charge in [-0.05, 0) is 111 Å². The van der Waals surface area contributed by atoms with E-state index < -0.39 is 0 Å². The summed E-state index contributed by atoms with van der Waals surface area (Å²) in [6, 6.07) is 70.8. The molecule has 0 amide bonds. The van der Waals surface area contributed by atoms with Crippen molar-refractivity contribution >= 4 is 38.9 Å². The van der Waals surface area contributed by atoms with E-state index in [2.05, 4.69) is 217 Å². The van der Waals surface area contributed by atoms with E-state index in [0.717, 1.165) is 22.7 Å². The molecule has 2 nitrogen and oxygen atoms in total. The van der Waals surface area contributed by atoms with Crippen LogP contribution in [0.4, 0.5) is 17.1 Å². The van der Waals surface area contributed by atoms with Crippen LogP contribution in [0.1, 0.15) is 25.0 Å². The fraction of sp³-hybridized carbons (Fsp3) is 0.0588. The maximum atomic E-state index is 2.41. The highest BCUT2D eigenvalue weighted by Gasteiger charge is 2.35. The van der Waals surface area contributed by atoms with Crippen LogP contribution in [0.25, 0.3) is 60.9 Å². The summed E-state index contributed by atoms with van der Waals surface area (Å²) in [5, 5.41) is 2.47. The molecule has 1 heterocycles. The van der Waals surface area contributed by atoms with Crippen molar-refractivity contribution < 1.29 is 0 Å². The minimum atomic E-state index is -0.0814. The summed E-state index contributed by atoms with van der Waals surface area (Å²) in [6.45, 7) is 4.70. The second-order valence-electron chi connectivity index (χ2n) is 14.6. The molecule has 0 atom stereocenters. The van der Waals surface area contributed by atoms with Crippen LogP contribution in [-0.2, 0) is 5.41 Å². The van der Waals surface area contributed by atoms with Crippen LogP contribution in [0, 0.1) is 0 Å². The molecule has 9 aromatic rings. The molecule has 0 saturated carbocycles. The molecular formula is C51H38N2. The van der Waals surface area contributed by atoms with Gasteiger partial charge in [0.2, 0.25) is 0 Å². The first kappa shape index (κ1) is 31.1. The summed E-state index contributed by atoms with van der Waals surface area (Å²) in [6.07, 6.45) is 0. The van der Waals surface area contributed by atoms with Crippen LogP contribution in [0.2, 0.25) is 0 Å². The standard InChI is InChI=1S/C51H38N2/c1-51(2)47-22-11-9-20-43(47)44-30-28-42(34-48(44)51)52(39-18-7-4-8-19-39)41-29-31-50-46(33-41)45-21-10-12-23-49(45)53(50)40-26-24-36(25-27-40)38-17-13-16-37(32-38)35-14-5-3-6-15-35/h3-34H,1-2H3. The van der Waals surface area contributed by atoms with Gasteiger partial charge in [-0.2, -0.15) is 0 Å². The summed E-state index contributed by atoms with van der Waals surface area (Å²) >= 11 is 0. The predicted molar refractivity (Wildman–Crippen MR) is 224 cm³/mol. The van der Waals surface area contributed by atoms with Crippen LogP contribution < -0.4 is 4.90 Å². The van der Waals surface area contributed by atoms with Gasteiger partial charge in [-0.3, -0.25) is 0 Å². The van der Waals surface area contributed by atoms with Crippen molar-refractivity contribution in [1.82, 2.24) is 4.57 Å². The first-order valence-electron chi connectivity index (χ1n) is 18.4. The second-order valence-corrected chi connectivity index (χ2v) is 14.6. The zero-order valence-electron chi connectivity index (χ0n) is 29.9. The Bertz CT molecular complexity index is 2790. The third kappa shape index (κ3) is 5.10. The van der Waals surface area contributed by atoms with Gasteiger partial charge in [0.25, 0.3) is 0 Å². The van der Waals surface area contributed by atoms with E-state index in [-0.39, 0.29) is 5.41 Å². The summed E-state index contributed by atoms with van der Waals surface area (Å²) in [7, 11) is 0. The van der Waals surface area contributed by atoms with Gasteiger partial charge in [0.1, 0.15) is 0 Å². The van der Waals surface area contributed by atoms with Gasteiger partial charge in [-0.25, -0.2) is 0 Å². The predicted octanol–water partition coefficient (Wildman–Crippen LogP) is 13.9. The largest absolute Gasteiger partial charge is 0.310 e. The average molecular weight is 679 g/mol. The lowest BCUT2D eigenvalue weighted by molar-refractivity contribution is 0.660. The first-order chi connectivity index (χ1) is 26.0.